The molecule has 0 bridgehead atoms. The van der Waals surface area contributed by atoms with Crippen LogP contribution in [-0.4, -0.2) is 58.3 Å². The van der Waals surface area contributed by atoms with Crippen molar-refractivity contribution in [3.8, 4) is 0 Å². The monoisotopic (exact) mass is 345 g/mol. The highest BCUT2D eigenvalue weighted by atomic mass is 31.2. The van der Waals surface area contributed by atoms with E-state index in [2.05, 4.69) is 19.5 Å². The average Bonchev–Trinajstić information content (AvgIpc) is 3.01. The smallest absolute Gasteiger partial charge is 0.390 e. The molecular formula is C11H16N5O6P. The van der Waals surface area contributed by atoms with Crippen molar-refractivity contribution >= 4 is 24.8 Å². The summed E-state index contributed by atoms with van der Waals surface area (Å²) in [5.74, 6) is -0.442. The summed E-state index contributed by atoms with van der Waals surface area (Å²) in [6, 6.07) is -0.574. The van der Waals surface area contributed by atoms with Crippen LogP contribution < -0.4 is 5.73 Å². The molecular weight excluding hydrogens is 329 g/mol. The molecule has 2 heterocycles. The van der Waals surface area contributed by atoms with Crippen LogP contribution >= 0.6 is 7.82 Å². The number of rotatable bonds is 4. The van der Waals surface area contributed by atoms with Crippen molar-refractivity contribution in [2.24, 2.45) is 5.92 Å². The van der Waals surface area contributed by atoms with Crippen LogP contribution in [0.2, 0.25) is 0 Å². The minimum atomic E-state index is -4.64. The highest BCUT2D eigenvalue weighted by Gasteiger charge is 2.43. The first-order valence-corrected chi connectivity index (χ1v) is 8.30. The fourth-order valence-electron chi connectivity index (χ4n) is 2.85. The maximum atomic E-state index is 10.8. The third-order valence-electron chi connectivity index (χ3n) is 3.97. The van der Waals surface area contributed by atoms with Gasteiger partial charge in [0.25, 0.3) is 0 Å². The molecule has 1 aliphatic carbocycles. The minimum Gasteiger partial charge on any atom is -0.390 e. The Labute approximate surface area is 130 Å². The summed E-state index contributed by atoms with van der Waals surface area (Å²) in [7, 11) is -4.64. The molecule has 6 N–H and O–H groups in total. The van der Waals surface area contributed by atoms with Crippen LogP contribution in [0.15, 0.2) is 12.7 Å². The van der Waals surface area contributed by atoms with Gasteiger partial charge in [-0.15, -0.1) is 0 Å². The van der Waals surface area contributed by atoms with Crippen LogP contribution in [0.1, 0.15) is 12.5 Å². The molecule has 1 saturated carbocycles. The number of nitrogen functional groups attached to an aromatic ring is 1. The molecule has 2 aromatic heterocycles. The first-order valence-electron chi connectivity index (χ1n) is 6.77. The number of aliphatic hydroxyl groups excluding tert-OH is 2. The molecule has 4 unspecified atom stereocenters. The average molecular weight is 345 g/mol. The largest absolute Gasteiger partial charge is 0.469 e. The molecule has 126 valence electrons. The lowest BCUT2D eigenvalue weighted by molar-refractivity contribution is -0.00374. The Kier molecular flexibility index (Phi) is 4.08. The first kappa shape index (κ1) is 16.2. The van der Waals surface area contributed by atoms with E-state index in [1.54, 1.807) is 4.57 Å². The summed E-state index contributed by atoms with van der Waals surface area (Å²) in [5, 5.41) is 20.3. The summed E-state index contributed by atoms with van der Waals surface area (Å²) in [6.07, 6.45) is 0.583. The molecule has 0 saturated heterocycles. The molecule has 2 aromatic rings. The molecule has 1 fully saturated rings. The van der Waals surface area contributed by atoms with E-state index in [-0.39, 0.29) is 18.8 Å². The van der Waals surface area contributed by atoms with Gasteiger partial charge in [-0.1, -0.05) is 0 Å². The van der Waals surface area contributed by atoms with E-state index in [1.807, 2.05) is 0 Å². The third-order valence-corrected chi connectivity index (χ3v) is 4.46. The Morgan fingerprint density at radius 2 is 2.04 bits per heavy atom. The Morgan fingerprint density at radius 3 is 2.74 bits per heavy atom. The Bertz CT molecular complexity index is 762. The van der Waals surface area contributed by atoms with Crippen molar-refractivity contribution in [1.82, 2.24) is 19.5 Å². The van der Waals surface area contributed by atoms with E-state index >= 15 is 0 Å². The van der Waals surface area contributed by atoms with Gasteiger partial charge in [-0.3, -0.25) is 4.52 Å². The SMILES string of the molecule is Nc1ncnc2c1ncn2C1CC(COP(=O)(O)O)C(O)C1O. The number of phosphoric acid groups is 1. The predicted octanol–water partition coefficient (Wildman–Crippen LogP) is -1.20. The summed E-state index contributed by atoms with van der Waals surface area (Å²) >= 11 is 0. The number of hydrogen-bond acceptors (Lipinski definition) is 8. The lowest BCUT2D eigenvalue weighted by Crippen LogP contribution is -2.30. The molecule has 0 aliphatic heterocycles. The maximum Gasteiger partial charge on any atom is 0.469 e. The molecule has 11 nitrogen and oxygen atoms in total. The van der Waals surface area contributed by atoms with Gasteiger partial charge < -0.3 is 30.3 Å². The number of fused-ring (bicyclic) bond motifs is 1. The van der Waals surface area contributed by atoms with Crippen LogP contribution in [0, 0.1) is 5.92 Å². The van der Waals surface area contributed by atoms with Gasteiger partial charge in [-0.25, -0.2) is 19.5 Å². The van der Waals surface area contributed by atoms with Gasteiger partial charge in [0.15, 0.2) is 11.5 Å². The van der Waals surface area contributed by atoms with Gasteiger partial charge in [0.2, 0.25) is 0 Å². The molecule has 23 heavy (non-hydrogen) atoms. The molecule has 0 aromatic carbocycles. The van der Waals surface area contributed by atoms with Crippen LogP contribution in [-0.2, 0) is 9.09 Å². The van der Waals surface area contributed by atoms with Crippen molar-refractivity contribution in [3.05, 3.63) is 12.7 Å². The number of anilines is 1. The second kappa shape index (κ2) is 5.78. The van der Waals surface area contributed by atoms with Crippen LogP contribution in [0.3, 0.4) is 0 Å². The quantitative estimate of drug-likeness (QED) is 0.423. The number of aromatic nitrogens is 4. The number of nitrogens with two attached hydrogens (primary N) is 1. The van der Waals surface area contributed by atoms with E-state index in [9.17, 15) is 14.8 Å². The van der Waals surface area contributed by atoms with Crippen molar-refractivity contribution in [3.63, 3.8) is 0 Å². The molecule has 3 rings (SSSR count). The molecule has 0 radical (unpaired) electrons. The van der Waals surface area contributed by atoms with Crippen molar-refractivity contribution in [2.45, 2.75) is 24.7 Å². The number of phosphoric ester groups is 1. The van der Waals surface area contributed by atoms with Crippen LogP contribution in [0.4, 0.5) is 5.82 Å². The standard InChI is InChI=1S/C11H16N5O6P/c12-10-7-11(14-3-13-10)16(4-15-7)6-1-5(8(17)9(6)18)2-22-23(19,20)21/h3-6,8-9,17-18H,1-2H2,(H2,12,13,14)(H2,19,20,21). The third kappa shape index (κ3) is 3.07. The van der Waals surface area contributed by atoms with E-state index in [0.29, 0.717) is 11.2 Å². The second-order valence-electron chi connectivity index (χ2n) is 5.41. The first-order chi connectivity index (χ1) is 10.8. The van der Waals surface area contributed by atoms with Gasteiger partial charge >= 0.3 is 7.82 Å². The zero-order valence-electron chi connectivity index (χ0n) is 11.8. The number of nitrogens with zero attached hydrogens (tertiary/aromatic N) is 4. The van der Waals surface area contributed by atoms with Crippen LogP contribution in [0.25, 0.3) is 11.2 Å². The predicted molar refractivity (Wildman–Crippen MR) is 76.9 cm³/mol. The normalized spacial score (nSPS) is 28.5. The lowest BCUT2D eigenvalue weighted by Gasteiger charge is -2.18. The Morgan fingerprint density at radius 1 is 1.30 bits per heavy atom. The van der Waals surface area contributed by atoms with Gasteiger partial charge in [-0.05, 0) is 6.42 Å². The topological polar surface area (TPSA) is 177 Å². The lowest BCUT2D eigenvalue weighted by atomic mass is 10.1. The maximum absolute atomic E-state index is 10.8. The van der Waals surface area contributed by atoms with Gasteiger partial charge in [0.05, 0.1) is 25.1 Å². The molecule has 0 amide bonds. The Hall–Kier alpha value is -1.62. The zero-order chi connectivity index (χ0) is 16.8. The summed E-state index contributed by atoms with van der Waals surface area (Å²) in [5.41, 5.74) is 6.49. The van der Waals surface area contributed by atoms with E-state index in [1.165, 1.54) is 12.7 Å². The molecule has 0 spiro atoms. The van der Waals surface area contributed by atoms with Crippen LogP contribution in [0.5, 0.6) is 0 Å². The number of aliphatic hydroxyl groups is 2. The van der Waals surface area contributed by atoms with E-state index < -0.39 is 32.0 Å². The number of imidazole rings is 1. The zero-order valence-corrected chi connectivity index (χ0v) is 12.7. The fourth-order valence-corrected chi connectivity index (χ4v) is 3.23. The molecule has 1 aliphatic rings. The minimum absolute atomic E-state index is 0.197. The van der Waals surface area contributed by atoms with E-state index in [4.69, 9.17) is 15.5 Å². The Balaban J connectivity index is 1.85. The van der Waals surface area contributed by atoms with Crippen molar-refractivity contribution < 1.29 is 29.1 Å². The van der Waals surface area contributed by atoms with Crippen molar-refractivity contribution in [1.29, 1.82) is 0 Å². The summed E-state index contributed by atoms with van der Waals surface area (Å²) < 4.78 is 16.8. The van der Waals surface area contributed by atoms with Crippen molar-refractivity contribution in [2.75, 3.05) is 12.3 Å². The molecule has 12 heteroatoms. The fraction of sp³-hybridized carbons (Fsp3) is 0.545. The highest BCUT2D eigenvalue weighted by molar-refractivity contribution is 7.46. The number of hydrogen-bond donors (Lipinski definition) is 5. The van der Waals surface area contributed by atoms with Gasteiger partial charge in [0, 0.05) is 5.92 Å². The van der Waals surface area contributed by atoms with Gasteiger partial charge in [-0.2, -0.15) is 0 Å². The van der Waals surface area contributed by atoms with Gasteiger partial charge in [0.1, 0.15) is 17.9 Å². The summed E-state index contributed by atoms with van der Waals surface area (Å²) in [4.78, 5) is 29.5. The highest BCUT2D eigenvalue weighted by Crippen LogP contribution is 2.41. The summed E-state index contributed by atoms with van der Waals surface area (Å²) in [6.45, 7) is -0.372. The molecule has 4 atom stereocenters. The van der Waals surface area contributed by atoms with E-state index in [0.717, 1.165) is 0 Å². The second-order valence-corrected chi connectivity index (χ2v) is 6.65.